The Morgan fingerprint density at radius 2 is 0.718 bits per heavy atom. The van der Waals surface area contributed by atoms with E-state index in [2.05, 4.69) is 42.5 Å². The normalized spacial score (nSPS) is 11.6. The van der Waals surface area contributed by atoms with Gasteiger partial charge in [0, 0.05) is 5.56 Å². The van der Waals surface area contributed by atoms with Crippen molar-refractivity contribution in [1.82, 2.24) is 0 Å². The van der Waals surface area contributed by atoms with Crippen LogP contribution in [0.5, 0.6) is 28.7 Å². The number of fused-ring (bicyclic) bond motifs is 5. The number of hydrogen-bond acceptors (Lipinski definition) is 5. The van der Waals surface area contributed by atoms with Crippen LogP contribution in [-0.4, -0.2) is 25.5 Å². The van der Waals surface area contributed by atoms with Gasteiger partial charge in [-0.05, 0) is 60.3 Å². The summed E-state index contributed by atoms with van der Waals surface area (Å²) in [6, 6.07) is 34.2. The molecule has 5 nitrogen and oxygen atoms in total. The van der Waals surface area contributed by atoms with E-state index in [1.165, 1.54) is 0 Å². The van der Waals surface area contributed by atoms with Gasteiger partial charge in [0.05, 0.1) is 5.56 Å². The average Bonchev–Trinajstić information content (AvgIpc) is 2.98. The second-order valence-corrected chi connectivity index (χ2v) is 9.68. The molecule has 0 fully saturated rings. The molecule has 0 radical (unpaired) electrons. The molecule has 0 unspecified atom stereocenters. The fourth-order valence-electron chi connectivity index (χ4n) is 5.79. The standard InChI is InChI=1S/C34H22O5/c35-30-29(31(36)33(38)34(39)32(30)37)28-24-11-5-3-9-22(24)27(23-10-4-6-12-25(23)28)20-16-15-19-14-13-18-7-1-2-8-21(18)26(19)17-20/h1-17,35-39H. The Bertz CT molecular complexity index is 2040. The lowest BCUT2D eigenvalue weighted by molar-refractivity contribution is 0.330. The van der Waals surface area contributed by atoms with E-state index in [-0.39, 0.29) is 5.56 Å². The number of benzene rings is 7. The van der Waals surface area contributed by atoms with Gasteiger partial charge in [-0.25, -0.2) is 0 Å². The molecule has 7 aromatic carbocycles. The molecule has 0 aliphatic rings. The summed E-state index contributed by atoms with van der Waals surface area (Å²) in [6.07, 6.45) is 0. The maximum atomic E-state index is 10.9. The third kappa shape index (κ3) is 3.20. The summed E-state index contributed by atoms with van der Waals surface area (Å²) in [5, 5.41) is 60.1. The molecule has 0 atom stereocenters. The first-order valence-electron chi connectivity index (χ1n) is 12.5. The van der Waals surface area contributed by atoms with E-state index in [9.17, 15) is 25.5 Å². The number of hydrogen-bond donors (Lipinski definition) is 5. The molecule has 0 aromatic heterocycles. The van der Waals surface area contributed by atoms with Gasteiger partial charge in [0.25, 0.3) is 0 Å². The first kappa shape index (κ1) is 22.8. The Balaban J connectivity index is 1.65. The van der Waals surface area contributed by atoms with E-state index in [1.54, 1.807) is 0 Å². The molecule has 0 amide bonds. The smallest absolute Gasteiger partial charge is 0.208 e. The summed E-state index contributed by atoms with van der Waals surface area (Å²) in [6.45, 7) is 0. The fraction of sp³-hybridized carbons (Fsp3) is 0. The highest BCUT2D eigenvalue weighted by Crippen LogP contribution is 2.57. The minimum Gasteiger partial charge on any atom is -0.504 e. The number of phenolic OH excluding ortho intramolecular Hbond substituents is 5. The number of rotatable bonds is 2. The largest absolute Gasteiger partial charge is 0.504 e. The zero-order valence-electron chi connectivity index (χ0n) is 20.6. The van der Waals surface area contributed by atoms with Crippen LogP contribution in [0, 0.1) is 0 Å². The van der Waals surface area contributed by atoms with Gasteiger partial charge < -0.3 is 25.5 Å². The molecule has 7 rings (SSSR count). The fourth-order valence-corrected chi connectivity index (χ4v) is 5.79. The third-order valence-electron chi connectivity index (χ3n) is 7.59. The summed E-state index contributed by atoms with van der Waals surface area (Å²) in [4.78, 5) is 0. The van der Waals surface area contributed by atoms with E-state index < -0.39 is 28.7 Å². The van der Waals surface area contributed by atoms with Crippen LogP contribution >= 0.6 is 0 Å². The predicted octanol–water partition coefficient (Wildman–Crippen LogP) is 8.16. The highest BCUT2D eigenvalue weighted by Gasteiger charge is 2.27. The van der Waals surface area contributed by atoms with Crippen molar-refractivity contribution in [1.29, 1.82) is 0 Å². The van der Waals surface area contributed by atoms with Crippen molar-refractivity contribution in [2.24, 2.45) is 0 Å². The minimum atomic E-state index is -0.984. The van der Waals surface area contributed by atoms with Crippen molar-refractivity contribution in [2.75, 3.05) is 0 Å². The molecule has 0 bridgehead atoms. The second kappa shape index (κ2) is 8.30. The zero-order chi connectivity index (χ0) is 26.8. The maximum absolute atomic E-state index is 10.9. The third-order valence-corrected chi connectivity index (χ3v) is 7.59. The van der Waals surface area contributed by atoms with Crippen LogP contribution in [0.25, 0.3) is 65.3 Å². The molecule has 5 N–H and O–H groups in total. The molecule has 5 heteroatoms. The SMILES string of the molecule is Oc1c(O)c(O)c(-c2c3ccccc3c(-c3ccc4ccc5ccccc5c4c3)c3ccccc23)c(O)c1O. The lowest BCUT2D eigenvalue weighted by Gasteiger charge is -2.20. The quantitative estimate of drug-likeness (QED) is 0.0699. The highest BCUT2D eigenvalue weighted by molar-refractivity contribution is 6.23. The lowest BCUT2D eigenvalue weighted by Crippen LogP contribution is -1.92. The molecule has 0 aliphatic carbocycles. The molecular weight excluding hydrogens is 488 g/mol. The van der Waals surface area contributed by atoms with Gasteiger partial charge in [-0.2, -0.15) is 0 Å². The van der Waals surface area contributed by atoms with E-state index in [4.69, 9.17) is 0 Å². The lowest BCUT2D eigenvalue weighted by atomic mass is 9.84. The molecule has 188 valence electrons. The van der Waals surface area contributed by atoms with Crippen molar-refractivity contribution in [3.63, 3.8) is 0 Å². The molecular formula is C34H22O5. The zero-order valence-corrected chi connectivity index (χ0v) is 20.6. The highest BCUT2D eigenvalue weighted by atomic mass is 16.4. The number of aromatic hydroxyl groups is 5. The Labute approximate surface area is 222 Å². The van der Waals surface area contributed by atoms with Crippen molar-refractivity contribution in [3.8, 4) is 51.0 Å². The van der Waals surface area contributed by atoms with Gasteiger partial charge in [-0.3, -0.25) is 0 Å². The van der Waals surface area contributed by atoms with Gasteiger partial charge in [-0.15, -0.1) is 0 Å². The summed E-state index contributed by atoms with van der Waals surface area (Å²) in [5.74, 6) is -4.23. The van der Waals surface area contributed by atoms with Gasteiger partial charge in [0.1, 0.15) is 0 Å². The Hall–Kier alpha value is -5.42. The van der Waals surface area contributed by atoms with Crippen LogP contribution < -0.4 is 0 Å². The number of phenols is 5. The maximum Gasteiger partial charge on any atom is 0.208 e. The van der Waals surface area contributed by atoms with Crippen LogP contribution in [0.1, 0.15) is 0 Å². The summed E-state index contributed by atoms with van der Waals surface area (Å²) >= 11 is 0. The van der Waals surface area contributed by atoms with Crippen LogP contribution in [0.2, 0.25) is 0 Å². The average molecular weight is 511 g/mol. The predicted molar refractivity (Wildman–Crippen MR) is 156 cm³/mol. The van der Waals surface area contributed by atoms with Gasteiger partial charge >= 0.3 is 0 Å². The Morgan fingerprint density at radius 1 is 0.308 bits per heavy atom. The Morgan fingerprint density at radius 3 is 1.28 bits per heavy atom. The van der Waals surface area contributed by atoms with E-state index >= 15 is 0 Å². The van der Waals surface area contributed by atoms with E-state index in [0.29, 0.717) is 16.3 Å². The van der Waals surface area contributed by atoms with Crippen LogP contribution in [0.4, 0.5) is 0 Å². The molecule has 0 aliphatic heterocycles. The summed E-state index contributed by atoms with van der Waals surface area (Å²) < 4.78 is 0. The molecule has 0 spiro atoms. The molecule has 39 heavy (non-hydrogen) atoms. The molecule has 7 aromatic rings. The summed E-state index contributed by atoms with van der Waals surface area (Å²) in [7, 11) is 0. The van der Waals surface area contributed by atoms with E-state index in [0.717, 1.165) is 43.4 Å². The van der Waals surface area contributed by atoms with Crippen LogP contribution in [0.15, 0.2) is 103 Å². The minimum absolute atomic E-state index is 0.161. The molecule has 0 heterocycles. The van der Waals surface area contributed by atoms with Gasteiger partial charge in [-0.1, -0.05) is 97.1 Å². The van der Waals surface area contributed by atoms with Crippen molar-refractivity contribution in [3.05, 3.63) is 103 Å². The monoisotopic (exact) mass is 510 g/mol. The van der Waals surface area contributed by atoms with Crippen molar-refractivity contribution >= 4 is 43.1 Å². The van der Waals surface area contributed by atoms with E-state index in [1.807, 2.05) is 60.7 Å². The van der Waals surface area contributed by atoms with Crippen LogP contribution in [0.3, 0.4) is 0 Å². The molecule has 0 saturated heterocycles. The van der Waals surface area contributed by atoms with Gasteiger partial charge in [0.15, 0.2) is 11.5 Å². The molecule has 0 saturated carbocycles. The topological polar surface area (TPSA) is 101 Å². The van der Waals surface area contributed by atoms with Crippen LogP contribution in [-0.2, 0) is 0 Å². The first-order valence-corrected chi connectivity index (χ1v) is 12.5. The second-order valence-electron chi connectivity index (χ2n) is 9.68. The van der Waals surface area contributed by atoms with Crippen molar-refractivity contribution in [2.45, 2.75) is 0 Å². The Kier molecular flexibility index (Phi) is 4.84. The summed E-state index contributed by atoms with van der Waals surface area (Å²) in [5.41, 5.74) is 2.25. The van der Waals surface area contributed by atoms with Crippen molar-refractivity contribution < 1.29 is 25.5 Å². The van der Waals surface area contributed by atoms with Gasteiger partial charge in [0.2, 0.25) is 17.2 Å². The first-order chi connectivity index (χ1) is 19.0.